The molecule has 0 radical (unpaired) electrons. The summed E-state index contributed by atoms with van der Waals surface area (Å²) in [6.45, 7) is 3.46. The topological polar surface area (TPSA) is 59.2 Å². The third-order valence-electron chi connectivity index (χ3n) is 5.16. The van der Waals surface area contributed by atoms with Gasteiger partial charge in [0.05, 0.1) is 5.92 Å². The zero-order valence-electron chi connectivity index (χ0n) is 13.6. The molecule has 1 amide bonds. The number of likely N-dealkylation sites (tertiary alicyclic amines) is 1. The molecule has 5 nitrogen and oxygen atoms in total. The Bertz CT molecular complexity index is 494. The molecule has 1 saturated heterocycles. The number of aromatic nitrogens is 2. The highest BCUT2D eigenvalue weighted by Gasteiger charge is 2.28. The minimum atomic E-state index is 0.216. The molecule has 22 heavy (non-hydrogen) atoms. The second-order valence-corrected chi connectivity index (χ2v) is 6.90. The molecule has 1 aliphatic carbocycles. The predicted octanol–water partition coefficient (Wildman–Crippen LogP) is 3.44. The van der Waals surface area contributed by atoms with Gasteiger partial charge in [0.25, 0.3) is 0 Å². The Kier molecular flexibility index (Phi) is 5.11. The van der Waals surface area contributed by atoms with Crippen LogP contribution in [0.5, 0.6) is 0 Å². The first-order valence-electron chi connectivity index (χ1n) is 8.80. The van der Waals surface area contributed by atoms with E-state index in [0.29, 0.717) is 24.0 Å². The van der Waals surface area contributed by atoms with Crippen molar-refractivity contribution in [3.05, 3.63) is 11.7 Å². The van der Waals surface area contributed by atoms with E-state index in [4.69, 9.17) is 4.52 Å². The SMILES string of the molecule is Cc1noc([C@H]2CCCN(C(=O)CCC3CCCCC3)C2)n1. The minimum absolute atomic E-state index is 0.216. The number of carbonyl (C=O) groups is 1. The zero-order valence-corrected chi connectivity index (χ0v) is 13.6. The van der Waals surface area contributed by atoms with Crippen LogP contribution < -0.4 is 0 Å². The molecule has 2 fully saturated rings. The lowest BCUT2D eigenvalue weighted by Gasteiger charge is -2.31. The molecule has 0 N–H and O–H groups in total. The van der Waals surface area contributed by atoms with Gasteiger partial charge in [-0.05, 0) is 32.1 Å². The lowest BCUT2D eigenvalue weighted by Crippen LogP contribution is -2.39. The molecule has 0 aromatic carbocycles. The van der Waals surface area contributed by atoms with Gasteiger partial charge in [-0.15, -0.1) is 0 Å². The molecule has 0 spiro atoms. The number of amides is 1. The first-order valence-corrected chi connectivity index (χ1v) is 8.80. The van der Waals surface area contributed by atoms with Gasteiger partial charge in [0.15, 0.2) is 5.82 Å². The normalized spacial score (nSPS) is 23.7. The van der Waals surface area contributed by atoms with Crippen molar-refractivity contribution in [1.82, 2.24) is 15.0 Å². The standard InChI is InChI=1S/C17H27N3O2/c1-13-18-17(22-19-13)15-8-5-11-20(12-15)16(21)10-9-14-6-3-2-4-7-14/h14-15H,2-12H2,1H3/t15-/m0/s1. The van der Waals surface area contributed by atoms with Crippen LogP contribution >= 0.6 is 0 Å². The van der Waals surface area contributed by atoms with E-state index in [1.165, 1.54) is 32.1 Å². The van der Waals surface area contributed by atoms with Crippen molar-refractivity contribution < 1.29 is 9.32 Å². The lowest BCUT2D eigenvalue weighted by molar-refractivity contribution is -0.132. The molecule has 2 heterocycles. The average Bonchev–Trinajstić information content (AvgIpc) is 3.00. The Morgan fingerprint density at radius 2 is 2.05 bits per heavy atom. The van der Waals surface area contributed by atoms with Crippen LogP contribution in [0, 0.1) is 12.8 Å². The van der Waals surface area contributed by atoms with Crippen LogP contribution in [0.25, 0.3) is 0 Å². The molecule has 122 valence electrons. The fraction of sp³-hybridized carbons (Fsp3) is 0.824. The van der Waals surface area contributed by atoms with Crippen molar-refractivity contribution in [2.75, 3.05) is 13.1 Å². The Balaban J connectivity index is 1.49. The summed E-state index contributed by atoms with van der Waals surface area (Å²) in [6, 6.07) is 0. The van der Waals surface area contributed by atoms with E-state index in [0.717, 1.165) is 38.3 Å². The van der Waals surface area contributed by atoms with E-state index < -0.39 is 0 Å². The van der Waals surface area contributed by atoms with Crippen LogP contribution in [0.2, 0.25) is 0 Å². The number of carbonyl (C=O) groups excluding carboxylic acids is 1. The van der Waals surface area contributed by atoms with Crippen molar-refractivity contribution in [3.63, 3.8) is 0 Å². The van der Waals surface area contributed by atoms with Gasteiger partial charge in [-0.2, -0.15) is 4.98 Å². The van der Waals surface area contributed by atoms with Crippen LogP contribution in [-0.4, -0.2) is 34.0 Å². The number of hydrogen-bond acceptors (Lipinski definition) is 4. The Labute approximate surface area is 132 Å². The lowest BCUT2D eigenvalue weighted by atomic mass is 9.86. The molecule has 0 unspecified atom stereocenters. The molecule has 1 atom stereocenters. The van der Waals surface area contributed by atoms with Crippen molar-refractivity contribution in [2.45, 2.75) is 70.6 Å². The van der Waals surface area contributed by atoms with Crippen LogP contribution in [0.4, 0.5) is 0 Å². The summed E-state index contributed by atoms with van der Waals surface area (Å²) in [6.07, 6.45) is 10.5. The fourth-order valence-corrected chi connectivity index (χ4v) is 3.85. The molecular weight excluding hydrogens is 278 g/mol. The van der Waals surface area contributed by atoms with Crippen molar-refractivity contribution in [3.8, 4) is 0 Å². The molecular formula is C17H27N3O2. The van der Waals surface area contributed by atoms with Gasteiger partial charge in [-0.25, -0.2) is 0 Å². The molecule has 1 aliphatic heterocycles. The summed E-state index contributed by atoms with van der Waals surface area (Å²) in [5, 5.41) is 3.87. The van der Waals surface area contributed by atoms with Crippen molar-refractivity contribution in [1.29, 1.82) is 0 Å². The first kappa shape index (κ1) is 15.5. The Hall–Kier alpha value is -1.39. The summed E-state index contributed by atoms with van der Waals surface area (Å²) in [4.78, 5) is 18.8. The van der Waals surface area contributed by atoms with Crippen LogP contribution in [0.15, 0.2) is 4.52 Å². The minimum Gasteiger partial charge on any atom is -0.342 e. The van der Waals surface area contributed by atoms with Gasteiger partial charge in [0.2, 0.25) is 11.8 Å². The fourth-order valence-electron chi connectivity index (χ4n) is 3.85. The maximum Gasteiger partial charge on any atom is 0.231 e. The maximum atomic E-state index is 12.5. The molecule has 1 aromatic rings. The van der Waals surface area contributed by atoms with E-state index in [-0.39, 0.29) is 5.92 Å². The summed E-state index contributed by atoms with van der Waals surface area (Å²) >= 11 is 0. The van der Waals surface area contributed by atoms with Crippen molar-refractivity contribution >= 4 is 5.91 Å². The van der Waals surface area contributed by atoms with E-state index in [9.17, 15) is 4.79 Å². The number of hydrogen-bond donors (Lipinski definition) is 0. The number of aryl methyl sites for hydroxylation is 1. The number of rotatable bonds is 4. The van der Waals surface area contributed by atoms with Gasteiger partial charge in [-0.3, -0.25) is 4.79 Å². The Morgan fingerprint density at radius 1 is 1.23 bits per heavy atom. The van der Waals surface area contributed by atoms with Crippen molar-refractivity contribution in [2.24, 2.45) is 5.92 Å². The smallest absolute Gasteiger partial charge is 0.231 e. The quantitative estimate of drug-likeness (QED) is 0.855. The summed E-state index contributed by atoms with van der Waals surface area (Å²) in [7, 11) is 0. The van der Waals surface area contributed by atoms with Gasteiger partial charge < -0.3 is 9.42 Å². The zero-order chi connectivity index (χ0) is 15.4. The van der Waals surface area contributed by atoms with Crippen LogP contribution in [0.3, 0.4) is 0 Å². The molecule has 3 rings (SSSR count). The second-order valence-electron chi connectivity index (χ2n) is 6.90. The van der Waals surface area contributed by atoms with Crippen LogP contribution in [0.1, 0.15) is 75.4 Å². The average molecular weight is 305 g/mol. The Morgan fingerprint density at radius 3 is 2.77 bits per heavy atom. The molecule has 5 heteroatoms. The summed E-state index contributed by atoms with van der Waals surface area (Å²) in [5.74, 6) is 2.68. The maximum absolute atomic E-state index is 12.5. The van der Waals surface area contributed by atoms with Gasteiger partial charge in [0, 0.05) is 19.5 Å². The van der Waals surface area contributed by atoms with E-state index in [1.54, 1.807) is 0 Å². The van der Waals surface area contributed by atoms with Gasteiger partial charge >= 0.3 is 0 Å². The number of piperidine rings is 1. The third-order valence-corrected chi connectivity index (χ3v) is 5.16. The number of nitrogens with zero attached hydrogens (tertiary/aromatic N) is 3. The molecule has 1 saturated carbocycles. The summed E-state index contributed by atoms with van der Waals surface area (Å²) in [5.41, 5.74) is 0. The second kappa shape index (κ2) is 7.25. The van der Waals surface area contributed by atoms with Gasteiger partial charge in [-0.1, -0.05) is 37.3 Å². The van der Waals surface area contributed by atoms with Crippen LogP contribution in [-0.2, 0) is 4.79 Å². The van der Waals surface area contributed by atoms with E-state index in [1.807, 2.05) is 11.8 Å². The predicted molar refractivity (Wildman–Crippen MR) is 83.4 cm³/mol. The largest absolute Gasteiger partial charge is 0.342 e. The molecule has 0 bridgehead atoms. The highest BCUT2D eigenvalue weighted by Crippen LogP contribution is 2.29. The van der Waals surface area contributed by atoms with E-state index in [2.05, 4.69) is 10.1 Å². The highest BCUT2D eigenvalue weighted by molar-refractivity contribution is 5.76. The monoisotopic (exact) mass is 305 g/mol. The first-order chi connectivity index (χ1) is 10.7. The molecule has 2 aliphatic rings. The van der Waals surface area contributed by atoms with Gasteiger partial charge in [0.1, 0.15) is 0 Å². The molecule has 1 aromatic heterocycles. The van der Waals surface area contributed by atoms with E-state index >= 15 is 0 Å². The highest BCUT2D eigenvalue weighted by atomic mass is 16.5. The third kappa shape index (κ3) is 3.87. The summed E-state index contributed by atoms with van der Waals surface area (Å²) < 4.78 is 5.29.